The Kier molecular flexibility index (Phi) is 6.50. The minimum Gasteiger partial charge on any atom is -0.411 e. The second-order valence-electron chi connectivity index (χ2n) is 7.68. The Morgan fingerprint density at radius 2 is 1.70 bits per heavy atom. The molecule has 1 amide bonds. The van der Waals surface area contributed by atoms with Crippen LogP contribution in [0.4, 0.5) is 0 Å². The van der Waals surface area contributed by atoms with Crippen LogP contribution in [-0.2, 0) is 11.3 Å². The molecule has 30 heavy (non-hydrogen) atoms. The molecule has 3 aromatic rings. The van der Waals surface area contributed by atoms with E-state index in [1.165, 1.54) is 17.3 Å². The molecule has 2 heterocycles. The normalized spacial score (nSPS) is 14.8. The second-order valence-corrected chi connectivity index (χ2v) is 8.61. The van der Waals surface area contributed by atoms with Gasteiger partial charge < -0.3 is 9.32 Å². The topological polar surface area (TPSA) is 62.5 Å². The number of carbonyl (C=O) groups excluding carboxylic acids is 1. The maximum absolute atomic E-state index is 12.6. The molecule has 7 heteroatoms. The molecule has 0 aliphatic carbocycles. The lowest BCUT2D eigenvalue weighted by atomic mass is 10.1. The second kappa shape index (κ2) is 9.45. The summed E-state index contributed by atoms with van der Waals surface area (Å²) in [6.45, 7) is 8.31. The van der Waals surface area contributed by atoms with Crippen molar-refractivity contribution in [1.82, 2.24) is 20.0 Å². The van der Waals surface area contributed by atoms with E-state index in [9.17, 15) is 4.79 Å². The Morgan fingerprint density at radius 1 is 1.00 bits per heavy atom. The summed E-state index contributed by atoms with van der Waals surface area (Å²) >= 11 is 1.30. The average molecular weight is 423 g/mol. The molecule has 6 nitrogen and oxygen atoms in total. The predicted molar refractivity (Wildman–Crippen MR) is 118 cm³/mol. The van der Waals surface area contributed by atoms with Crippen LogP contribution >= 0.6 is 11.8 Å². The van der Waals surface area contributed by atoms with Crippen LogP contribution < -0.4 is 0 Å². The van der Waals surface area contributed by atoms with Crippen molar-refractivity contribution in [1.29, 1.82) is 0 Å². The number of hydrogen-bond acceptors (Lipinski definition) is 6. The molecular formula is C23H26N4O2S. The first-order chi connectivity index (χ1) is 14.6. The van der Waals surface area contributed by atoms with Crippen molar-refractivity contribution in [2.75, 3.05) is 31.9 Å². The van der Waals surface area contributed by atoms with E-state index < -0.39 is 0 Å². The maximum Gasteiger partial charge on any atom is 0.277 e. The summed E-state index contributed by atoms with van der Waals surface area (Å²) in [5.74, 6) is 0.921. The van der Waals surface area contributed by atoms with Crippen LogP contribution in [0.5, 0.6) is 0 Å². The molecule has 1 fully saturated rings. The molecule has 0 bridgehead atoms. The third-order valence-electron chi connectivity index (χ3n) is 5.17. The fourth-order valence-electron chi connectivity index (χ4n) is 3.69. The summed E-state index contributed by atoms with van der Waals surface area (Å²) in [6.07, 6.45) is 0. The quantitative estimate of drug-likeness (QED) is 0.563. The summed E-state index contributed by atoms with van der Waals surface area (Å²) in [5.41, 5.74) is 4.52. The highest BCUT2D eigenvalue weighted by atomic mass is 32.2. The standard InChI is InChI=1S/C23H26N4O2S/c1-17-12-18(2)14-20(13-17)22-24-25-23(29-22)30-16-21(28)27-10-8-26(9-11-27)15-19-6-4-3-5-7-19/h3-7,12-14H,8-11,15-16H2,1-2H3. The van der Waals surface area contributed by atoms with Gasteiger partial charge in [0.1, 0.15) is 0 Å². The van der Waals surface area contributed by atoms with Gasteiger partial charge in [-0.2, -0.15) is 0 Å². The van der Waals surface area contributed by atoms with E-state index in [-0.39, 0.29) is 5.91 Å². The van der Waals surface area contributed by atoms with Gasteiger partial charge in [0.2, 0.25) is 11.8 Å². The third-order valence-corrected chi connectivity index (χ3v) is 5.97. The van der Waals surface area contributed by atoms with Gasteiger partial charge in [0.05, 0.1) is 5.75 Å². The molecule has 1 aromatic heterocycles. The van der Waals surface area contributed by atoms with Gasteiger partial charge in [0.15, 0.2) is 0 Å². The number of amides is 1. The third kappa shape index (κ3) is 5.29. The molecular weight excluding hydrogens is 396 g/mol. The van der Waals surface area contributed by atoms with Crippen molar-refractivity contribution < 1.29 is 9.21 Å². The number of piperazine rings is 1. The Balaban J connectivity index is 1.26. The average Bonchev–Trinajstić information content (AvgIpc) is 3.22. The molecule has 0 unspecified atom stereocenters. The molecule has 1 saturated heterocycles. The van der Waals surface area contributed by atoms with Gasteiger partial charge in [-0.1, -0.05) is 59.3 Å². The van der Waals surface area contributed by atoms with Gasteiger partial charge in [-0.05, 0) is 31.5 Å². The fraction of sp³-hybridized carbons (Fsp3) is 0.348. The van der Waals surface area contributed by atoms with Gasteiger partial charge in [-0.25, -0.2) is 0 Å². The molecule has 0 saturated carbocycles. The highest BCUT2D eigenvalue weighted by Crippen LogP contribution is 2.25. The molecule has 0 atom stereocenters. The Hall–Kier alpha value is -2.64. The lowest BCUT2D eigenvalue weighted by molar-refractivity contribution is -0.130. The van der Waals surface area contributed by atoms with E-state index in [4.69, 9.17) is 4.42 Å². The van der Waals surface area contributed by atoms with Crippen LogP contribution in [0.2, 0.25) is 0 Å². The number of aryl methyl sites for hydroxylation is 2. The zero-order valence-corrected chi connectivity index (χ0v) is 18.2. The van der Waals surface area contributed by atoms with Crippen molar-refractivity contribution in [3.05, 3.63) is 65.2 Å². The van der Waals surface area contributed by atoms with Crippen LogP contribution in [0, 0.1) is 13.8 Å². The molecule has 1 aliphatic rings. The van der Waals surface area contributed by atoms with E-state index in [1.54, 1.807) is 0 Å². The maximum atomic E-state index is 12.6. The number of benzene rings is 2. The lowest BCUT2D eigenvalue weighted by Crippen LogP contribution is -2.48. The zero-order chi connectivity index (χ0) is 20.9. The van der Waals surface area contributed by atoms with Gasteiger partial charge in [0.25, 0.3) is 5.22 Å². The Labute approximate surface area is 181 Å². The Bertz CT molecular complexity index is 977. The van der Waals surface area contributed by atoms with E-state index in [0.717, 1.165) is 49.4 Å². The molecule has 4 rings (SSSR count). The van der Waals surface area contributed by atoms with Crippen LogP contribution in [0.3, 0.4) is 0 Å². The van der Waals surface area contributed by atoms with Crippen molar-refractivity contribution in [3.8, 4) is 11.5 Å². The van der Waals surface area contributed by atoms with E-state index >= 15 is 0 Å². The zero-order valence-electron chi connectivity index (χ0n) is 17.4. The summed E-state index contributed by atoms with van der Waals surface area (Å²) < 4.78 is 5.76. The summed E-state index contributed by atoms with van der Waals surface area (Å²) in [5, 5.41) is 8.67. The molecule has 0 radical (unpaired) electrons. The summed E-state index contributed by atoms with van der Waals surface area (Å²) in [4.78, 5) is 16.9. The Morgan fingerprint density at radius 3 is 2.40 bits per heavy atom. The molecule has 0 N–H and O–H groups in total. The van der Waals surface area contributed by atoms with Gasteiger partial charge >= 0.3 is 0 Å². The van der Waals surface area contributed by atoms with Crippen molar-refractivity contribution in [2.45, 2.75) is 25.6 Å². The van der Waals surface area contributed by atoms with Crippen LogP contribution in [0.15, 0.2) is 58.2 Å². The van der Waals surface area contributed by atoms with E-state index in [0.29, 0.717) is 16.9 Å². The molecule has 156 valence electrons. The SMILES string of the molecule is Cc1cc(C)cc(-c2nnc(SCC(=O)N3CCN(Cc4ccccc4)CC3)o2)c1. The first kappa shape index (κ1) is 20.6. The van der Waals surface area contributed by atoms with Crippen molar-refractivity contribution >= 4 is 17.7 Å². The number of rotatable bonds is 6. The number of aromatic nitrogens is 2. The highest BCUT2D eigenvalue weighted by Gasteiger charge is 2.22. The van der Waals surface area contributed by atoms with Crippen molar-refractivity contribution in [3.63, 3.8) is 0 Å². The molecule has 1 aliphatic heterocycles. The van der Waals surface area contributed by atoms with E-state index in [1.807, 2.05) is 36.9 Å². The highest BCUT2D eigenvalue weighted by molar-refractivity contribution is 7.99. The number of hydrogen-bond donors (Lipinski definition) is 0. The minimum absolute atomic E-state index is 0.116. The van der Waals surface area contributed by atoms with Gasteiger partial charge in [0, 0.05) is 38.3 Å². The summed E-state index contributed by atoms with van der Waals surface area (Å²) in [7, 11) is 0. The largest absolute Gasteiger partial charge is 0.411 e. The van der Waals surface area contributed by atoms with Gasteiger partial charge in [-0.15, -0.1) is 10.2 Å². The predicted octanol–water partition coefficient (Wildman–Crippen LogP) is 3.79. The summed E-state index contributed by atoms with van der Waals surface area (Å²) in [6, 6.07) is 16.6. The number of nitrogens with zero attached hydrogens (tertiary/aromatic N) is 4. The number of carbonyl (C=O) groups is 1. The molecule has 0 spiro atoms. The van der Waals surface area contributed by atoms with Crippen LogP contribution in [0.25, 0.3) is 11.5 Å². The van der Waals surface area contributed by atoms with E-state index in [2.05, 4.69) is 45.4 Å². The fourth-order valence-corrected chi connectivity index (χ4v) is 4.36. The number of thioether (sulfide) groups is 1. The minimum atomic E-state index is 0.116. The first-order valence-electron chi connectivity index (χ1n) is 10.2. The monoisotopic (exact) mass is 422 g/mol. The smallest absolute Gasteiger partial charge is 0.277 e. The molecule has 2 aromatic carbocycles. The lowest BCUT2D eigenvalue weighted by Gasteiger charge is -2.34. The van der Waals surface area contributed by atoms with Gasteiger partial charge in [-0.3, -0.25) is 9.69 Å². The van der Waals surface area contributed by atoms with Crippen molar-refractivity contribution in [2.24, 2.45) is 0 Å². The van der Waals surface area contributed by atoms with Crippen LogP contribution in [0.1, 0.15) is 16.7 Å². The first-order valence-corrected chi connectivity index (χ1v) is 11.1. The van der Waals surface area contributed by atoms with Crippen LogP contribution in [-0.4, -0.2) is 57.8 Å².